The van der Waals surface area contributed by atoms with Gasteiger partial charge >= 0.3 is 0 Å². The van der Waals surface area contributed by atoms with Gasteiger partial charge in [-0.05, 0) is 31.6 Å². The third kappa shape index (κ3) is 8.84. The minimum atomic E-state index is 0.232. The third-order valence-corrected chi connectivity index (χ3v) is 4.71. The zero-order valence-corrected chi connectivity index (χ0v) is 13.9. The lowest BCUT2D eigenvalue weighted by molar-refractivity contribution is -0.121. The Bertz CT molecular complexity index is 257. The molecule has 0 aromatic carbocycles. The van der Waals surface area contributed by atoms with Gasteiger partial charge in [-0.2, -0.15) is 0 Å². The number of halogens is 1. The van der Waals surface area contributed by atoms with Crippen molar-refractivity contribution in [1.29, 1.82) is 0 Å². The predicted octanol–water partition coefficient (Wildman–Crippen LogP) is 5.04. The first kappa shape index (κ1) is 17.8. The Morgan fingerprint density at radius 3 is 2.50 bits per heavy atom. The van der Waals surface area contributed by atoms with Crippen LogP contribution >= 0.6 is 11.6 Å². The van der Waals surface area contributed by atoms with Crippen molar-refractivity contribution in [2.24, 2.45) is 5.92 Å². The summed E-state index contributed by atoms with van der Waals surface area (Å²) in [7, 11) is 0. The van der Waals surface area contributed by atoms with Gasteiger partial charge in [-0.3, -0.25) is 4.79 Å². The molecule has 0 aliphatic heterocycles. The van der Waals surface area contributed by atoms with E-state index in [9.17, 15) is 4.79 Å². The Kier molecular flexibility index (Phi) is 10.2. The maximum atomic E-state index is 11.8. The average molecular weight is 302 g/mol. The van der Waals surface area contributed by atoms with E-state index in [0.29, 0.717) is 17.7 Å². The third-order valence-electron chi connectivity index (χ3n) is 4.31. The van der Waals surface area contributed by atoms with Crippen LogP contribution in [0.3, 0.4) is 0 Å². The Hall–Kier alpha value is -0.240. The molecule has 2 nitrogen and oxygen atoms in total. The lowest BCUT2D eigenvalue weighted by atomic mass is 9.89. The highest BCUT2D eigenvalue weighted by Gasteiger charge is 2.20. The fourth-order valence-electron chi connectivity index (χ4n) is 3.00. The molecule has 1 aliphatic rings. The number of unbranched alkanes of at least 4 members (excludes halogenated alkanes) is 6. The summed E-state index contributed by atoms with van der Waals surface area (Å²) in [5.41, 5.74) is 0. The number of hydrogen-bond acceptors (Lipinski definition) is 1. The normalized spacial score (nSPS) is 22.7. The van der Waals surface area contributed by atoms with Gasteiger partial charge in [0.1, 0.15) is 0 Å². The van der Waals surface area contributed by atoms with Gasteiger partial charge in [0.25, 0.3) is 0 Å². The van der Waals surface area contributed by atoms with Crippen molar-refractivity contribution >= 4 is 17.5 Å². The number of amides is 1. The molecule has 2 atom stereocenters. The van der Waals surface area contributed by atoms with Gasteiger partial charge in [-0.15, -0.1) is 11.6 Å². The van der Waals surface area contributed by atoms with Gasteiger partial charge < -0.3 is 5.32 Å². The molecule has 3 heteroatoms. The molecule has 0 radical (unpaired) electrons. The Morgan fingerprint density at radius 1 is 1.10 bits per heavy atom. The topological polar surface area (TPSA) is 29.1 Å². The highest BCUT2D eigenvalue weighted by Crippen LogP contribution is 2.27. The molecule has 1 aliphatic carbocycles. The summed E-state index contributed by atoms with van der Waals surface area (Å²) >= 11 is 6.17. The van der Waals surface area contributed by atoms with E-state index in [-0.39, 0.29) is 5.91 Å². The second-order valence-electron chi connectivity index (χ2n) is 6.31. The van der Waals surface area contributed by atoms with E-state index >= 15 is 0 Å². The summed E-state index contributed by atoms with van der Waals surface area (Å²) < 4.78 is 0. The maximum Gasteiger partial charge on any atom is 0.220 e. The molecule has 0 aromatic heterocycles. The van der Waals surface area contributed by atoms with Crippen LogP contribution in [0.1, 0.15) is 84.0 Å². The van der Waals surface area contributed by atoms with Gasteiger partial charge in [0.05, 0.1) is 0 Å². The van der Waals surface area contributed by atoms with Gasteiger partial charge in [0.15, 0.2) is 0 Å². The summed E-state index contributed by atoms with van der Waals surface area (Å²) in [5.74, 6) is 0.833. The predicted molar refractivity (Wildman–Crippen MR) is 87.2 cm³/mol. The number of hydrogen-bond donors (Lipinski definition) is 1. The first-order valence-corrected chi connectivity index (χ1v) is 9.06. The highest BCUT2D eigenvalue weighted by molar-refractivity contribution is 6.20. The molecule has 1 saturated carbocycles. The molecule has 0 saturated heterocycles. The maximum absolute atomic E-state index is 11.8. The largest absolute Gasteiger partial charge is 0.356 e. The Balaban J connectivity index is 1.92. The van der Waals surface area contributed by atoms with Crippen molar-refractivity contribution in [2.45, 2.75) is 89.4 Å². The monoisotopic (exact) mass is 301 g/mol. The van der Waals surface area contributed by atoms with E-state index in [1.165, 1.54) is 51.4 Å². The van der Waals surface area contributed by atoms with Gasteiger partial charge in [0, 0.05) is 18.3 Å². The molecule has 2 unspecified atom stereocenters. The van der Waals surface area contributed by atoms with E-state index in [0.717, 1.165) is 25.8 Å². The fourth-order valence-corrected chi connectivity index (χ4v) is 3.41. The zero-order valence-electron chi connectivity index (χ0n) is 13.1. The van der Waals surface area contributed by atoms with Crippen LogP contribution in [0.2, 0.25) is 0 Å². The average Bonchev–Trinajstić information content (AvgIpc) is 2.44. The summed E-state index contributed by atoms with van der Waals surface area (Å²) in [6, 6.07) is 0. The van der Waals surface area contributed by atoms with Crippen molar-refractivity contribution in [1.82, 2.24) is 5.32 Å². The van der Waals surface area contributed by atoms with E-state index < -0.39 is 0 Å². The second-order valence-corrected chi connectivity index (χ2v) is 6.92. The molecular weight excluding hydrogens is 270 g/mol. The van der Waals surface area contributed by atoms with Crippen LogP contribution in [0.4, 0.5) is 0 Å². The highest BCUT2D eigenvalue weighted by atomic mass is 35.5. The fraction of sp³-hybridized carbons (Fsp3) is 0.941. The molecule has 1 rings (SSSR count). The van der Waals surface area contributed by atoms with Crippen molar-refractivity contribution < 1.29 is 4.79 Å². The van der Waals surface area contributed by atoms with Crippen molar-refractivity contribution in [3.05, 3.63) is 0 Å². The molecule has 1 fully saturated rings. The Morgan fingerprint density at radius 2 is 1.80 bits per heavy atom. The zero-order chi connectivity index (χ0) is 14.6. The number of alkyl halides is 1. The van der Waals surface area contributed by atoms with E-state index in [1.807, 2.05) is 0 Å². The molecule has 1 N–H and O–H groups in total. The van der Waals surface area contributed by atoms with Crippen LogP contribution in [0.5, 0.6) is 0 Å². The molecule has 118 valence electrons. The van der Waals surface area contributed by atoms with E-state index in [1.54, 1.807) is 0 Å². The lowest BCUT2D eigenvalue weighted by Crippen LogP contribution is -2.31. The van der Waals surface area contributed by atoms with E-state index in [4.69, 9.17) is 11.6 Å². The summed E-state index contributed by atoms with van der Waals surface area (Å²) in [5, 5.41) is 3.41. The second kappa shape index (κ2) is 11.4. The summed E-state index contributed by atoms with van der Waals surface area (Å²) in [6.45, 7) is 3.07. The molecule has 0 bridgehead atoms. The van der Waals surface area contributed by atoms with Crippen molar-refractivity contribution in [3.63, 3.8) is 0 Å². The van der Waals surface area contributed by atoms with Gasteiger partial charge in [0.2, 0.25) is 5.91 Å². The number of carbonyl (C=O) groups is 1. The Labute approximate surface area is 130 Å². The first-order chi connectivity index (χ1) is 9.72. The standard InChI is InChI=1S/C17H32ClNO/c1-2-3-4-5-6-7-8-12-17(20)19-14-15-10-9-11-16(18)13-15/h15-16H,2-14H2,1H3,(H,19,20). The molecule has 20 heavy (non-hydrogen) atoms. The molecular formula is C17H32ClNO. The van der Waals surface area contributed by atoms with Crippen LogP contribution in [-0.4, -0.2) is 17.8 Å². The van der Waals surface area contributed by atoms with Crippen LogP contribution in [0.25, 0.3) is 0 Å². The first-order valence-electron chi connectivity index (χ1n) is 8.63. The SMILES string of the molecule is CCCCCCCCCC(=O)NCC1CCCC(Cl)C1. The van der Waals surface area contributed by atoms with Crippen molar-refractivity contribution in [2.75, 3.05) is 6.54 Å². The number of carbonyl (C=O) groups excluding carboxylic acids is 1. The molecule has 1 amide bonds. The lowest BCUT2D eigenvalue weighted by Gasteiger charge is -2.25. The smallest absolute Gasteiger partial charge is 0.220 e. The van der Waals surface area contributed by atoms with Crippen LogP contribution < -0.4 is 5.32 Å². The van der Waals surface area contributed by atoms with Crippen LogP contribution in [0.15, 0.2) is 0 Å². The molecule has 0 aromatic rings. The minimum Gasteiger partial charge on any atom is -0.356 e. The number of nitrogens with one attached hydrogen (secondary N) is 1. The van der Waals surface area contributed by atoms with Crippen molar-refractivity contribution in [3.8, 4) is 0 Å². The van der Waals surface area contributed by atoms with Gasteiger partial charge in [-0.1, -0.05) is 51.9 Å². The minimum absolute atomic E-state index is 0.232. The summed E-state index contributed by atoms with van der Waals surface area (Å²) in [6.07, 6.45) is 14.2. The van der Waals surface area contributed by atoms with Crippen LogP contribution in [-0.2, 0) is 4.79 Å². The molecule has 0 spiro atoms. The van der Waals surface area contributed by atoms with Crippen LogP contribution in [0, 0.1) is 5.92 Å². The quantitative estimate of drug-likeness (QED) is 0.444. The summed E-state index contributed by atoms with van der Waals surface area (Å²) in [4.78, 5) is 11.8. The van der Waals surface area contributed by atoms with E-state index in [2.05, 4.69) is 12.2 Å². The molecule has 0 heterocycles. The van der Waals surface area contributed by atoms with Gasteiger partial charge in [-0.25, -0.2) is 0 Å². The number of rotatable bonds is 10.